The van der Waals surface area contributed by atoms with Crippen molar-refractivity contribution in [2.24, 2.45) is 0 Å². The van der Waals surface area contributed by atoms with Crippen LogP contribution in [0.15, 0.2) is 30.7 Å². The van der Waals surface area contributed by atoms with Crippen LogP contribution in [0.2, 0.25) is 0 Å². The first-order chi connectivity index (χ1) is 10.7. The van der Waals surface area contributed by atoms with Crippen LogP contribution in [0.25, 0.3) is 0 Å². The van der Waals surface area contributed by atoms with E-state index < -0.39 is 5.82 Å². The molecule has 22 heavy (non-hydrogen) atoms. The normalized spacial score (nSPS) is 14.7. The van der Waals surface area contributed by atoms with Crippen LogP contribution in [0.1, 0.15) is 16.1 Å². The standard InChI is InChI=1S/C15H14FN5O/c16-12-7-11(8-17)1-2-14(12)20-3-5-21(6-4-20)15(22)13-9-18-10-19-13/h1-2,7,9-10H,3-6H2,(H,18,19). The molecule has 1 aromatic heterocycles. The number of carbonyl (C=O) groups is 1. The molecule has 6 nitrogen and oxygen atoms in total. The largest absolute Gasteiger partial charge is 0.366 e. The van der Waals surface area contributed by atoms with E-state index in [0.717, 1.165) is 0 Å². The number of piperazine rings is 1. The summed E-state index contributed by atoms with van der Waals surface area (Å²) < 4.78 is 14.0. The van der Waals surface area contributed by atoms with Gasteiger partial charge in [0.1, 0.15) is 11.5 Å². The molecule has 2 aromatic rings. The Bertz CT molecular complexity index is 714. The number of hydrogen-bond donors (Lipinski definition) is 1. The number of imidazole rings is 1. The molecule has 0 aliphatic carbocycles. The van der Waals surface area contributed by atoms with E-state index in [0.29, 0.717) is 43.1 Å². The number of nitrogens with one attached hydrogen (secondary N) is 1. The van der Waals surface area contributed by atoms with E-state index in [1.54, 1.807) is 17.0 Å². The minimum absolute atomic E-state index is 0.0996. The Morgan fingerprint density at radius 1 is 1.32 bits per heavy atom. The lowest BCUT2D eigenvalue weighted by atomic mass is 10.2. The lowest BCUT2D eigenvalue weighted by molar-refractivity contribution is 0.0741. The molecular formula is C15H14FN5O. The summed E-state index contributed by atoms with van der Waals surface area (Å²) in [4.78, 5) is 22.4. The molecule has 0 spiro atoms. The first-order valence-corrected chi connectivity index (χ1v) is 6.91. The minimum Gasteiger partial charge on any atom is -0.366 e. The predicted octanol–water partition coefficient (Wildman–Crippen LogP) is 1.38. The molecule has 1 aliphatic heterocycles. The molecular weight excluding hydrogens is 285 g/mol. The van der Waals surface area contributed by atoms with Gasteiger partial charge >= 0.3 is 0 Å². The van der Waals surface area contributed by atoms with Crippen LogP contribution in [0, 0.1) is 17.1 Å². The van der Waals surface area contributed by atoms with Crippen LogP contribution in [-0.2, 0) is 0 Å². The smallest absolute Gasteiger partial charge is 0.272 e. The molecule has 1 N–H and O–H groups in total. The van der Waals surface area contributed by atoms with Crippen molar-refractivity contribution in [2.75, 3.05) is 31.1 Å². The van der Waals surface area contributed by atoms with E-state index in [1.165, 1.54) is 18.6 Å². The highest BCUT2D eigenvalue weighted by Gasteiger charge is 2.24. The molecule has 0 atom stereocenters. The van der Waals surface area contributed by atoms with E-state index in [-0.39, 0.29) is 5.91 Å². The van der Waals surface area contributed by atoms with Crippen LogP contribution in [0.4, 0.5) is 10.1 Å². The van der Waals surface area contributed by atoms with Gasteiger partial charge in [0.2, 0.25) is 0 Å². The molecule has 1 amide bonds. The number of rotatable bonds is 2. The third-order valence-electron chi connectivity index (χ3n) is 3.71. The Balaban J connectivity index is 1.67. The molecule has 112 valence electrons. The second-order valence-electron chi connectivity index (χ2n) is 5.02. The average Bonchev–Trinajstić information content (AvgIpc) is 3.08. The number of hydrogen-bond acceptors (Lipinski definition) is 4. The van der Waals surface area contributed by atoms with Crippen LogP contribution in [0.5, 0.6) is 0 Å². The van der Waals surface area contributed by atoms with Gasteiger partial charge in [-0.15, -0.1) is 0 Å². The summed E-state index contributed by atoms with van der Waals surface area (Å²) in [6.07, 6.45) is 2.96. The van der Waals surface area contributed by atoms with Gasteiger partial charge in [-0.05, 0) is 18.2 Å². The van der Waals surface area contributed by atoms with Crippen LogP contribution in [-0.4, -0.2) is 47.0 Å². The third kappa shape index (κ3) is 2.63. The highest BCUT2D eigenvalue weighted by Crippen LogP contribution is 2.22. The van der Waals surface area contributed by atoms with Crippen molar-refractivity contribution in [1.29, 1.82) is 5.26 Å². The van der Waals surface area contributed by atoms with Crippen LogP contribution >= 0.6 is 0 Å². The van der Waals surface area contributed by atoms with Crippen molar-refractivity contribution in [3.63, 3.8) is 0 Å². The molecule has 1 fully saturated rings. The highest BCUT2D eigenvalue weighted by molar-refractivity contribution is 5.92. The molecule has 3 rings (SSSR count). The van der Waals surface area contributed by atoms with E-state index in [4.69, 9.17) is 5.26 Å². The van der Waals surface area contributed by atoms with Crippen LogP contribution in [0.3, 0.4) is 0 Å². The van der Waals surface area contributed by atoms with Gasteiger partial charge < -0.3 is 14.8 Å². The number of amides is 1. The quantitative estimate of drug-likeness (QED) is 0.909. The minimum atomic E-state index is -0.410. The average molecular weight is 299 g/mol. The zero-order chi connectivity index (χ0) is 15.5. The summed E-state index contributed by atoms with van der Waals surface area (Å²) in [5, 5.41) is 8.77. The molecule has 0 unspecified atom stereocenters. The second-order valence-corrected chi connectivity index (χ2v) is 5.02. The molecule has 1 aliphatic rings. The van der Waals surface area contributed by atoms with E-state index in [2.05, 4.69) is 9.97 Å². The lowest BCUT2D eigenvalue weighted by Gasteiger charge is -2.36. The Hall–Kier alpha value is -2.88. The monoisotopic (exact) mass is 299 g/mol. The van der Waals surface area contributed by atoms with Gasteiger partial charge in [0, 0.05) is 26.2 Å². The molecule has 0 saturated carbocycles. The number of anilines is 1. The highest BCUT2D eigenvalue weighted by atomic mass is 19.1. The molecule has 0 radical (unpaired) electrons. The second kappa shape index (κ2) is 5.85. The zero-order valence-electron chi connectivity index (χ0n) is 11.8. The van der Waals surface area contributed by atoms with Gasteiger partial charge in [-0.1, -0.05) is 0 Å². The van der Waals surface area contributed by atoms with Crippen molar-refractivity contribution in [3.05, 3.63) is 47.8 Å². The predicted molar refractivity (Wildman–Crippen MR) is 77.8 cm³/mol. The number of benzene rings is 1. The number of H-pyrrole nitrogens is 1. The number of aromatic nitrogens is 2. The van der Waals surface area contributed by atoms with Gasteiger partial charge in [0.15, 0.2) is 0 Å². The Morgan fingerprint density at radius 3 is 2.68 bits per heavy atom. The van der Waals surface area contributed by atoms with Crippen molar-refractivity contribution in [1.82, 2.24) is 14.9 Å². The van der Waals surface area contributed by atoms with Gasteiger partial charge in [-0.2, -0.15) is 5.26 Å². The third-order valence-corrected chi connectivity index (χ3v) is 3.71. The SMILES string of the molecule is N#Cc1ccc(N2CCN(C(=O)c3cnc[nH]3)CC2)c(F)c1. The maximum absolute atomic E-state index is 14.0. The maximum Gasteiger partial charge on any atom is 0.272 e. The number of nitriles is 1. The maximum atomic E-state index is 14.0. The summed E-state index contributed by atoms with van der Waals surface area (Å²) in [5.41, 5.74) is 1.22. The van der Waals surface area contributed by atoms with Crippen molar-refractivity contribution < 1.29 is 9.18 Å². The first-order valence-electron chi connectivity index (χ1n) is 6.91. The molecule has 7 heteroatoms. The lowest BCUT2D eigenvalue weighted by Crippen LogP contribution is -2.49. The molecule has 1 saturated heterocycles. The fourth-order valence-electron chi connectivity index (χ4n) is 2.53. The Kier molecular flexibility index (Phi) is 3.74. The number of nitrogens with zero attached hydrogens (tertiary/aromatic N) is 4. The van der Waals surface area contributed by atoms with Crippen molar-refractivity contribution in [3.8, 4) is 6.07 Å². The van der Waals surface area contributed by atoms with E-state index in [1.807, 2.05) is 11.0 Å². The topological polar surface area (TPSA) is 76.0 Å². The van der Waals surface area contributed by atoms with E-state index in [9.17, 15) is 9.18 Å². The van der Waals surface area contributed by atoms with Gasteiger partial charge in [-0.25, -0.2) is 9.37 Å². The summed E-state index contributed by atoms with van der Waals surface area (Å²) in [6.45, 7) is 2.11. The fourth-order valence-corrected chi connectivity index (χ4v) is 2.53. The molecule has 1 aromatic carbocycles. The summed E-state index contributed by atoms with van der Waals surface area (Å²) >= 11 is 0. The summed E-state index contributed by atoms with van der Waals surface area (Å²) in [5.74, 6) is -0.509. The van der Waals surface area contributed by atoms with Gasteiger partial charge in [0.25, 0.3) is 5.91 Å². The Labute approximate surface area is 126 Å². The van der Waals surface area contributed by atoms with Crippen molar-refractivity contribution >= 4 is 11.6 Å². The Morgan fingerprint density at radius 2 is 2.09 bits per heavy atom. The zero-order valence-corrected chi connectivity index (χ0v) is 11.8. The molecule has 0 bridgehead atoms. The van der Waals surface area contributed by atoms with Gasteiger partial charge in [0.05, 0.1) is 29.8 Å². The van der Waals surface area contributed by atoms with E-state index >= 15 is 0 Å². The van der Waals surface area contributed by atoms with Crippen molar-refractivity contribution in [2.45, 2.75) is 0 Å². The molecule has 2 heterocycles. The fraction of sp³-hybridized carbons (Fsp3) is 0.267. The number of carbonyl (C=O) groups excluding carboxylic acids is 1. The number of aromatic amines is 1. The van der Waals surface area contributed by atoms with Crippen LogP contribution < -0.4 is 4.90 Å². The first kappa shape index (κ1) is 14.1. The summed E-state index contributed by atoms with van der Waals surface area (Å²) in [6, 6.07) is 6.36. The summed E-state index contributed by atoms with van der Waals surface area (Å²) in [7, 11) is 0. The number of halogens is 1. The van der Waals surface area contributed by atoms with Gasteiger partial charge in [-0.3, -0.25) is 4.79 Å².